The summed E-state index contributed by atoms with van der Waals surface area (Å²) in [5, 5.41) is 2.84. The lowest BCUT2D eigenvalue weighted by atomic mass is 9.94. The van der Waals surface area contributed by atoms with E-state index in [0.717, 1.165) is 5.56 Å². The summed E-state index contributed by atoms with van der Waals surface area (Å²) in [6.07, 6.45) is -0.387. The van der Waals surface area contributed by atoms with Crippen LogP contribution in [-0.4, -0.2) is 12.2 Å². The van der Waals surface area contributed by atoms with Crippen molar-refractivity contribution in [3.8, 4) is 0 Å². The third kappa shape index (κ3) is 1.96. The zero-order valence-electron chi connectivity index (χ0n) is 8.94. The van der Waals surface area contributed by atoms with Crippen LogP contribution in [0.3, 0.4) is 0 Å². The molecule has 0 bridgehead atoms. The van der Waals surface area contributed by atoms with Gasteiger partial charge in [-0.15, -0.1) is 0 Å². The summed E-state index contributed by atoms with van der Waals surface area (Å²) in [6, 6.07) is 9.91. The molecule has 80 valence electrons. The molecule has 0 saturated carbocycles. The second-order valence-corrected chi connectivity index (χ2v) is 4.15. The van der Waals surface area contributed by atoms with Crippen molar-refractivity contribution in [2.45, 2.75) is 26.0 Å². The van der Waals surface area contributed by atoms with Crippen LogP contribution in [0, 0.1) is 5.92 Å². The number of hydrogen-bond acceptors (Lipinski definition) is 2. The van der Waals surface area contributed by atoms with Crippen LogP contribution in [0.1, 0.15) is 25.5 Å². The molecule has 1 aliphatic heterocycles. The first kappa shape index (κ1) is 10.0. The Morgan fingerprint density at radius 3 is 2.53 bits per heavy atom. The van der Waals surface area contributed by atoms with Gasteiger partial charge < -0.3 is 10.1 Å². The van der Waals surface area contributed by atoms with Crippen molar-refractivity contribution in [1.29, 1.82) is 0 Å². The van der Waals surface area contributed by atoms with Crippen molar-refractivity contribution in [3.63, 3.8) is 0 Å². The molecule has 1 N–H and O–H groups in total. The molecule has 0 aliphatic carbocycles. The van der Waals surface area contributed by atoms with Gasteiger partial charge in [0.05, 0.1) is 6.04 Å². The fourth-order valence-electron chi connectivity index (χ4n) is 1.89. The molecule has 0 radical (unpaired) electrons. The van der Waals surface area contributed by atoms with Gasteiger partial charge in [0.2, 0.25) is 0 Å². The monoisotopic (exact) mass is 205 g/mol. The van der Waals surface area contributed by atoms with Crippen LogP contribution in [0.25, 0.3) is 0 Å². The van der Waals surface area contributed by atoms with Crippen LogP contribution in [0.15, 0.2) is 30.3 Å². The first-order valence-electron chi connectivity index (χ1n) is 5.20. The van der Waals surface area contributed by atoms with E-state index in [4.69, 9.17) is 4.74 Å². The molecule has 1 aliphatic rings. The fourth-order valence-corrected chi connectivity index (χ4v) is 1.89. The SMILES string of the molecule is CC(C)[C@H]1OC(=O)N[C@H]1c1ccccc1. The fraction of sp³-hybridized carbons (Fsp3) is 0.417. The lowest BCUT2D eigenvalue weighted by Crippen LogP contribution is -2.26. The number of alkyl carbamates (subject to hydrolysis) is 1. The maximum absolute atomic E-state index is 11.2. The molecule has 2 rings (SSSR count). The minimum absolute atomic E-state index is 0.0151. The van der Waals surface area contributed by atoms with Gasteiger partial charge in [-0.05, 0) is 11.5 Å². The second kappa shape index (κ2) is 3.93. The Labute approximate surface area is 89.4 Å². The lowest BCUT2D eigenvalue weighted by Gasteiger charge is -2.20. The molecular formula is C12H15NO2. The van der Waals surface area contributed by atoms with Gasteiger partial charge in [-0.1, -0.05) is 44.2 Å². The van der Waals surface area contributed by atoms with Crippen LogP contribution in [0.4, 0.5) is 4.79 Å². The van der Waals surface area contributed by atoms with Gasteiger partial charge in [0.1, 0.15) is 6.10 Å². The molecule has 1 heterocycles. The second-order valence-electron chi connectivity index (χ2n) is 4.15. The normalized spacial score (nSPS) is 25.1. The summed E-state index contributed by atoms with van der Waals surface area (Å²) in [5.41, 5.74) is 1.10. The first-order chi connectivity index (χ1) is 7.18. The minimum atomic E-state index is -0.317. The highest BCUT2D eigenvalue weighted by molar-refractivity contribution is 5.70. The zero-order valence-corrected chi connectivity index (χ0v) is 8.94. The number of carbonyl (C=O) groups excluding carboxylic acids is 1. The largest absolute Gasteiger partial charge is 0.443 e. The zero-order chi connectivity index (χ0) is 10.8. The number of carbonyl (C=O) groups is 1. The Hall–Kier alpha value is -1.51. The van der Waals surface area contributed by atoms with Gasteiger partial charge in [-0.3, -0.25) is 0 Å². The molecule has 1 aromatic rings. The Morgan fingerprint density at radius 2 is 1.93 bits per heavy atom. The number of hydrogen-bond donors (Lipinski definition) is 1. The van der Waals surface area contributed by atoms with E-state index in [-0.39, 0.29) is 18.2 Å². The van der Waals surface area contributed by atoms with Crippen molar-refractivity contribution >= 4 is 6.09 Å². The van der Waals surface area contributed by atoms with E-state index in [1.165, 1.54) is 0 Å². The number of benzene rings is 1. The van der Waals surface area contributed by atoms with Crippen LogP contribution in [0.2, 0.25) is 0 Å². The van der Waals surface area contributed by atoms with Crippen LogP contribution in [0.5, 0.6) is 0 Å². The predicted molar refractivity (Wildman–Crippen MR) is 57.4 cm³/mol. The highest BCUT2D eigenvalue weighted by Crippen LogP contribution is 2.29. The number of amides is 1. The summed E-state index contributed by atoms with van der Waals surface area (Å²) in [7, 11) is 0. The quantitative estimate of drug-likeness (QED) is 0.805. The molecule has 1 amide bonds. The average Bonchev–Trinajstić information content (AvgIpc) is 2.62. The van der Waals surface area contributed by atoms with E-state index >= 15 is 0 Å². The summed E-state index contributed by atoms with van der Waals surface area (Å²) < 4.78 is 5.24. The predicted octanol–water partition coefficient (Wildman–Crippen LogP) is 2.49. The molecular weight excluding hydrogens is 190 g/mol. The highest BCUT2D eigenvalue weighted by Gasteiger charge is 2.36. The molecule has 0 aromatic heterocycles. The average molecular weight is 205 g/mol. The molecule has 0 unspecified atom stereocenters. The van der Waals surface area contributed by atoms with E-state index in [0.29, 0.717) is 5.92 Å². The van der Waals surface area contributed by atoms with Crippen molar-refractivity contribution in [1.82, 2.24) is 5.32 Å². The third-order valence-electron chi connectivity index (χ3n) is 2.66. The summed E-state index contributed by atoms with van der Waals surface area (Å²) in [4.78, 5) is 11.2. The first-order valence-corrected chi connectivity index (χ1v) is 5.20. The van der Waals surface area contributed by atoms with E-state index in [2.05, 4.69) is 19.2 Å². The molecule has 1 aromatic carbocycles. The summed E-state index contributed by atoms with van der Waals surface area (Å²) in [5.74, 6) is 0.314. The number of ether oxygens (including phenoxy) is 1. The Morgan fingerprint density at radius 1 is 1.27 bits per heavy atom. The van der Waals surface area contributed by atoms with Crippen molar-refractivity contribution in [2.24, 2.45) is 5.92 Å². The van der Waals surface area contributed by atoms with Crippen LogP contribution >= 0.6 is 0 Å². The third-order valence-corrected chi connectivity index (χ3v) is 2.66. The Kier molecular flexibility index (Phi) is 2.62. The molecule has 2 atom stereocenters. The standard InChI is InChI=1S/C12H15NO2/c1-8(2)11-10(13-12(14)15-11)9-6-4-3-5-7-9/h3-8,10-11H,1-2H3,(H,13,14)/t10-,11+/m0/s1. The van der Waals surface area contributed by atoms with Crippen LogP contribution in [-0.2, 0) is 4.74 Å². The summed E-state index contributed by atoms with van der Waals surface area (Å²) >= 11 is 0. The van der Waals surface area contributed by atoms with E-state index in [1.807, 2.05) is 30.3 Å². The molecule has 1 saturated heterocycles. The van der Waals surface area contributed by atoms with Crippen molar-refractivity contribution < 1.29 is 9.53 Å². The lowest BCUT2D eigenvalue weighted by molar-refractivity contribution is 0.102. The number of rotatable bonds is 2. The van der Waals surface area contributed by atoms with Crippen molar-refractivity contribution in [3.05, 3.63) is 35.9 Å². The van der Waals surface area contributed by atoms with E-state index in [1.54, 1.807) is 0 Å². The van der Waals surface area contributed by atoms with E-state index in [9.17, 15) is 4.79 Å². The van der Waals surface area contributed by atoms with Gasteiger partial charge in [0, 0.05) is 0 Å². The topological polar surface area (TPSA) is 38.3 Å². The van der Waals surface area contributed by atoms with Gasteiger partial charge in [0.25, 0.3) is 0 Å². The smallest absolute Gasteiger partial charge is 0.408 e. The minimum Gasteiger partial charge on any atom is -0.443 e. The molecule has 3 nitrogen and oxygen atoms in total. The maximum atomic E-state index is 11.2. The molecule has 0 spiro atoms. The van der Waals surface area contributed by atoms with Gasteiger partial charge in [-0.25, -0.2) is 4.79 Å². The molecule has 15 heavy (non-hydrogen) atoms. The molecule has 3 heteroatoms. The van der Waals surface area contributed by atoms with Gasteiger partial charge >= 0.3 is 6.09 Å². The maximum Gasteiger partial charge on any atom is 0.408 e. The number of nitrogens with one attached hydrogen (secondary N) is 1. The van der Waals surface area contributed by atoms with Crippen molar-refractivity contribution in [2.75, 3.05) is 0 Å². The van der Waals surface area contributed by atoms with Gasteiger partial charge in [0.15, 0.2) is 0 Å². The Bertz CT molecular complexity index is 348. The number of cyclic esters (lactones) is 1. The highest BCUT2D eigenvalue weighted by atomic mass is 16.6. The Balaban J connectivity index is 2.24. The van der Waals surface area contributed by atoms with Gasteiger partial charge in [-0.2, -0.15) is 0 Å². The molecule has 1 fully saturated rings. The summed E-state index contributed by atoms with van der Waals surface area (Å²) in [6.45, 7) is 4.11. The van der Waals surface area contributed by atoms with Crippen LogP contribution < -0.4 is 5.32 Å². The van der Waals surface area contributed by atoms with E-state index < -0.39 is 0 Å².